The summed E-state index contributed by atoms with van der Waals surface area (Å²) in [6.07, 6.45) is 5.71. The van der Waals surface area contributed by atoms with Gasteiger partial charge in [-0.25, -0.2) is 9.37 Å². The number of para-hydroxylation sites is 1. The summed E-state index contributed by atoms with van der Waals surface area (Å²) in [6, 6.07) is 12.6. The van der Waals surface area contributed by atoms with Crippen molar-refractivity contribution < 1.29 is 9.13 Å². The van der Waals surface area contributed by atoms with Gasteiger partial charge in [-0.2, -0.15) is 0 Å². The molecule has 0 radical (unpaired) electrons. The van der Waals surface area contributed by atoms with Gasteiger partial charge in [0, 0.05) is 13.5 Å². The Balaban J connectivity index is 1.16. The summed E-state index contributed by atoms with van der Waals surface area (Å²) in [7, 11) is 2.14. The van der Waals surface area contributed by atoms with E-state index in [4.69, 9.17) is 9.72 Å². The van der Waals surface area contributed by atoms with Crippen molar-refractivity contribution in [2.75, 3.05) is 26.2 Å². The molecule has 0 atom stereocenters. The molecule has 160 valence electrons. The number of halogens is 1. The molecule has 0 N–H and O–H groups in total. The molecule has 2 heterocycles. The van der Waals surface area contributed by atoms with Gasteiger partial charge in [0.05, 0.1) is 17.6 Å². The molecule has 0 aliphatic carbocycles. The lowest BCUT2D eigenvalue weighted by molar-refractivity contribution is 0.162. The summed E-state index contributed by atoms with van der Waals surface area (Å²) < 4.78 is 21.0. The number of aryl methyl sites for hydroxylation is 3. The number of likely N-dealkylation sites (tertiary alicyclic amines) is 1. The number of imidazole rings is 1. The zero-order valence-electron chi connectivity index (χ0n) is 18.1. The van der Waals surface area contributed by atoms with Crippen LogP contribution in [-0.2, 0) is 13.5 Å². The molecule has 1 aliphatic rings. The van der Waals surface area contributed by atoms with Crippen LogP contribution in [0.1, 0.15) is 37.1 Å². The predicted molar refractivity (Wildman–Crippen MR) is 119 cm³/mol. The molecule has 1 aromatic heterocycles. The third kappa shape index (κ3) is 5.01. The van der Waals surface area contributed by atoms with Gasteiger partial charge in [0.1, 0.15) is 17.4 Å². The number of nitrogens with zero attached hydrogens (tertiary/aromatic N) is 3. The first-order valence-corrected chi connectivity index (χ1v) is 11.1. The molecule has 0 bridgehead atoms. The zero-order valence-corrected chi connectivity index (χ0v) is 18.1. The Morgan fingerprint density at radius 1 is 1.10 bits per heavy atom. The van der Waals surface area contributed by atoms with Crippen molar-refractivity contribution >= 4 is 11.0 Å². The minimum Gasteiger partial charge on any atom is -0.494 e. The lowest BCUT2D eigenvalue weighted by atomic mass is 9.94. The molecule has 5 heteroatoms. The first-order valence-electron chi connectivity index (χ1n) is 11.1. The number of piperidine rings is 1. The Morgan fingerprint density at radius 3 is 2.60 bits per heavy atom. The van der Waals surface area contributed by atoms with E-state index >= 15 is 0 Å². The monoisotopic (exact) mass is 409 g/mol. The van der Waals surface area contributed by atoms with Crippen molar-refractivity contribution in [2.24, 2.45) is 13.0 Å². The van der Waals surface area contributed by atoms with Crippen LogP contribution in [0.25, 0.3) is 11.0 Å². The van der Waals surface area contributed by atoms with E-state index in [0.29, 0.717) is 6.61 Å². The number of ether oxygens (including phenoxy) is 1. The fraction of sp³-hybridized carbons (Fsp3) is 0.480. The fourth-order valence-corrected chi connectivity index (χ4v) is 4.57. The standard InChI is InChI=1S/C25H32FN3O/c1-19-5-3-6-23-25(19)28(2)24(27-23)7-4-15-29-16-12-20(13-17-29)14-18-30-22-10-8-21(26)9-11-22/h3,5-6,8-11,20H,4,7,12-18H2,1-2H3. The van der Waals surface area contributed by atoms with Gasteiger partial charge < -0.3 is 14.2 Å². The summed E-state index contributed by atoms with van der Waals surface area (Å²) in [6.45, 7) is 6.35. The van der Waals surface area contributed by atoms with Gasteiger partial charge >= 0.3 is 0 Å². The summed E-state index contributed by atoms with van der Waals surface area (Å²) in [5.74, 6) is 2.45. The van der Waals surface area contributed by atoms with Gasteiger partial charge in [-0.15, -0.1) is 0 Å². The number of hydrogen-bond acceptors (Lipinski definition) is 3. The molecule has 1 fully saturated rings. The van der Waals surface area contributed by atoms with E-state index in [-0.39, 0.29) is 5.82 Å². The topological polar surface area (TPSA) is 30.3 Å². The molecule has 1 saturated heterocycles. The van der Waals surface area contributed by atoms with Crippen molar-refractivity contribution in [3.8, 4) is 5.75 Å². The van der Waals surface area contributed by atoms with Crippen LogP contribution in [0.15, 0.2) is 42.5 Å². The molecular weight excluding hydrogens is 377 g/mol. The maximum atomic E-state index is 12.9. The molecular formula is C25H32FN3O. The van der Waals surface area contributed by atoms with E-state index in [9.17, 15) is 4.39 Å². The largest absolute Gasteiger partial charge is 0.494 e. The number of hydrogen-bond donors (Lipinski definition) is 0. The maximum absolute atomic E-state index is 12.9. The first-order chi connectivity index (χ1) is 14.6. The van der Waals surface area contributed by atoms with Crippen molar-refractivity contribution in [1.29, 1.82) is 0 Å². The Bertz CT molecular complexity index is 958. The van der Waals surface area contributed by atoms with Gasteiger partial charge in [0.2, 0.25) is 0 Å². The van der Waals surface area contributed by atoms with E-state index in [2.05, 4.69) is 41.6 Å². The highest BCUT2D eigenvalue weighted by Crippen LogP contribution is 2.23. The van der Waals surface area contributed by atoms with Crippen LogP contribution in [0.3, 0.4) is 0 Å². The van der Waals surface area contributed by atoms with Crippen LogP contribution in [0.2, 0.25) is 0 Å². The predicted octanol–water partition coefficient (Wildman–Crippen LogP) is 5.13. The van der Waals surface area contributed by atoms with E-state index in [1.807, 2.05) is 0 Å². The molecule has 30 heavy (non-hydrogen) atoms. The van der Waals surface area contributed by atoms with Crippen LogP contribution in [0.5, 0.6) is 5.75 Å². The van der Waals surface area contributed by atoms with Crippen molar-refractivity contribution in [1.82, 2.24) is 14.5 Å². The summed E-state index contributed by atoms with van der Waals surface area (Å²) in [5, 5.41) is 0. The molecule has 0 unspecified atom stereocenters. The molecule has 2 aromatic carbocycles. The molecule has 4 rings (SSSR count). The lowest BCUT2D eigenvalue weighted by Crippen LogP contribution is -2.35. The second kappa shape index (κ2) is 9.61. The third-order valence-electron chi connectivity index (χ3n) is 6.38. The molecule has 1 aliphatic heterocycles. The Hall–Kier alpha value is -2.40. The van der Waals surface area contributed by atoms with Crippen LogP contribution < -0.4 is 4.74 Å². The van der Waals surface area contributed by atoms with Gasteiger partial charge in [0.25, 0.3) is 0 Å². The SMILES string of the molecule is Cc1cccc2nc(CCCN3CCC(CCOc4ccc(F)cc4)CC3)n(C)c12. The summed E-state index contributed by atoms with van der Waals surface area (Å²) in [5.41, 5.74) is 3.66. The highest BCUT2D eigenvalue weighted by atomic mass is 19.1. The molecule has 4 nitrogen and oxygen atoms in total. The molecule has 0 amide bonds. The van der Waals surface area contributed by atoms with Crippen LogP contribution in [-0.4, -0.2) is 40.7 Å². The Labute approximate surface area is 178 Å². The number of benzene rings is 2. The summed E-state index contributed by atoms with van der Waals surface area (Å²) >= 11 is 0. The highest BCUT2D eigenvalue weighted by Gasteiger charge is 2.19. The second-order valence-electron chi connectivity index (χ2n) is 8.51. The van der Waals surface area contributed by atoms with Gasteiger partial charge in [-0.1, -0.05) is 12.1 Å². The van der Waals surface area contributed by atoms with E-state index in [1.165, 1.54) is 55.0 Å². The summed E-state index contributed by atoms with van der Waals surface area (Å²) in [4.78, 5) is 7.43. The van der Waals surface area contributed by atoms with Crippen LogP contribution in [0.4, 0.5) is 4.39 Å². The van der Waals surface area contributed by atoms with Crippen molar-refractivity contribution in [3.63, 3.8) is 0 Å². The Kier molecular flexibility index (Phi) is 6.68. The van der Waals surface area contributed by atoms with Crippen molar-refractivity contribution in [2.45, 2.75) is 39.0 Å². The average molecular weight is 410 g/mol. The number of fused-ring (bicyclic) bond motifs is 1. The molecule has 3 aromatic rings. The quantitative estimate of drug-likeness (QED) is 0.516. The van der Waals surface area contributed by atoms with E-state index in [1.54, 1.807) is 12.1 Å². The number of aromatic nitrogens is 2. The normalized spacial score (nSPS) is 15.7. The third-order valence-corrected chi connectivity index (χ3v) is 6.38. The minimum atomic E-state index is -0.221. The lowest BCUT2D eigenvalue weighted by Gasteiger charge is -2.31. The first kappa shape index (κ1) is 20.9. The van der Waals surface area contributed by atoms with Crippen molar-refractivity contribution in [3.05, 3.63) is 59.7 Å². The van der Waals surface area contributed by atoms with Gasteiger partial charge in [-0.05, 0) is 94.1 Å². The highest BCUT2D eigenvalue weighted by molar-refractivity contribution is 5.79. The average Bonchev–Trinajstić information content (AvgIpc) is 3.07. The fourth-order valence-electron chi connectivity index (χ4n) is 4.57. The molecule has 0 saturated carbocycles. The minimum absolute atomic E-state index is 0.221. The molecule has 0 spiro atoms. The van der Waals surface area contributed by atoms with Crippen LogP contribution in [0, 0.1) is 18.7 Å². The number of rotatable bonds is 8. The second-order valence-corrected chi connectivity index (χ2v) is 8.51. The van der Waals surface area contributed by atoms with E-state index in [0.717, 1.165) is 43.0 Å². The zero-order chi connectivity index (χ0) is 20.9. The van der Waals surface area contributed by atoms with Crippen LogP contribution >= 0.6 is 0 Å². The maximum Gasteiger partial charge on any atom is 0.123 e. The van der Waals surface area contributed by atoms with E-state index < -0.39 is 0 Å². The smallest absolute Gasteiger partial charge is 0.123 e. The Morgan fingerprint density at radius 2 is 1.87 bits per heavy atom. The van der Waals surface area contributed by atoms with Gasteiger partial charge in [0.15, 0.2) is 0 Å². The van der Waals surface area contributed by atoms with Gasteiger partial charge in [-0.3, -0.25) is 0 Å².